The summed E-state index contributed by atoms with van der Waals surface area (Å²) >= 11 is 0. The molecule has 0 N–H and O–H groups in total. The Morgan fingerprint density at radius 1 is 0.750 bits per heavy atom. The maximum Gasteiger partial charge on any atom is 0.550 e. The molecule has 0 bridgehead atoms. The van der Waals surface area contributed by atoms with Crippen molar-refractivity contribution in [3.8, 4) is 0 Å². The highest BCUT2D eigenvalue weighted by atomic mass is 32.9. The van der Waals surface area contributed by atoms with E-state index >= 15 is 0 Å². The molecule has 0 radical (unpaired) electrons. The van der Waals surface area contributed by atoms with Gasteiger partial charge in [-0.05, 0) is 0 Å². The van der Waals surface area contributed by atoms with Crippen LogP contribution in [0.1, 0.15) is 0 Å². The van der Waals surface area contributed by atoms with Crippen molar-refractivity contribution in [1.29, 1.82) is 0 Å². The standard InChI is InChI=1S/F4S2Si2/c1-7(2)5-8(3,4)6-7. The first kappa shape index (κ1) is 6.97. The van der Waals surface area contributed by atoms with Crippen molar-refractivity contribution in [1.82, 2.24) is 0 Å². The third kappa shape index (κ3) is 1.42. The van der Waals surface area contributed by atoms with Crippen LogP contribution in [-0.2, 0) is 0 Å². The molecule has 1 heterocycles. The summed E-state index contributed by atoms with van der Waals surface area (Å²) in [5.74, 6) is 0. The highest BCUT2D eigenvalue weighted by Crippen LogP contribution is 2.60. The normalized spacial score (nSPS) is 31.5. The molecule has 0 aromatic carbocycles. The van der Waals surface area contributed by atoms with Crippen LogP contribution >= 0.6 is 21.3 Å². The Bertz CT molecular complexity index is 88.6. The second kappa shape index (κ2) is 1.67. The molecule has 0 spiro atoms. The van der Waals surface area contributed by atoms with Crippen LogP contribution < -0.4 is 0 Å². The smallest absolute Gasteiger partial charge is 0.247 e. The first-order valence-corrected chi connectivity index (χ1v) is 9.62. The molecule has 1 rings (SSSR count). The van der Waals surface area contributed by atoms with Crippen LogP contribution in [0.15, 0.2) is 0 Å². The van der Waals surface area contributed by atoms with Crippen molar-refractivity contribution in [2.45, 2.75) is 0 Å². The largest absolute Gasteiger partial charge is 0.550 e. The molecule has 0 aliphatic carbocycles. The topological polar surface area (TPSA) is 0 Å². The fourth-order valence-electron chi connectivity index (χ4n) is 0.284. The zero-order valence-corrected chi connectivity index (χ0v) is 6.96. The lowest BCUT2D eigenvalue weighted by atomic mass is 18.8. The summed E-state index contributed by atoms with van der Waals surface area (Å²) in [4.78, 5) is 0. The second-order valence-electron chi connectivity index (χ2n) is 1.13. The zero-order chi connectivity index (χ0) is 6.41. The molecule has 48 valence electrons. The maximum atomic E-state index is 11.7. The van der Waals surface area contributed by atoms with Crippen LogP contribution in [0.2, 0.25) is 0 Å². The third-order valence-electron chi connectivity index (χ3n) is 0.475. The Kier molecular flexibility index (Phi) is 1.46. The average molecular weight is 196 g/mol. The van der Waals surface area contributed by atoms with Gasteiger partial charge in [0.05, 0.1) is 0 Å². The molecular formula is F4S2Si2. The lowest BCUT2D eigenvalue weighted by molar-refractivity contribution is 0.667. The SMILES string of the molecule is F[Si]1(F)S[Si](F)(F)S1. The first-order chi connectivity index (χ1) is 3.41. The minimum Gasteiger partial charge on any atom is -0.247 e. The van der Waals surface area contributed by atoms with E-state index in [2.05, 4.69) is 0 Å². The number of hydrogen-bond donors (Lipinski definition) is 0. The molecule has 0 atom stereocenters. The summed E-state index contributed by atoms with van der Waals surface area (Å²) in [6.07, 6.45) is 0. The van der Waals surface area contributed by atoms with Gasteiger partial charge in [0.2, 0.25) is 0 Å². The monoisotopic (exact) mass is 196 g/mol. The molecule has 0 amide bonds. The lowest BCUT2D eigenvalue weighted by Gasteiger charge is -2.26. The Morgan fingerprint density at radius 3 is 1.00 bits per heavy atom. The van der Waals surface area contributed by atoms with Gasteiger partial charge in [0, 0.05) is 0 Å². The van der Waals surface area contributed by atoms with Crippen molar-refractivity contribution in [3.63, 3.8) is 0 Å². The Morgan fingerprint density at radius 2 is 1.00 bits per heavy atom. The van der Waals surface area contributed by atoms with Gasteiger partial charge in [-0.2, -0.15) is 0 Å². The molecule has 1 aliphatic rings. The van der Waals surface area contributed by atoms with Crippen LogP contribution in [0.3, 0.4) is 0 Å². The second-order valence-corrected chi connectivity index (χ2v) is 16.0. The van der Waals surface area contributed by atoms with Gasteiger partial charge < -0.3 is 0 Å². The van der Waals surface area contributed by atoms with E-state index in [1.165, 1.54) is 0 Å². The van der Waals surface area contributed by atoms with E-state index < -0.39 is 14.1 Å². The fraction of sp³-hybridized carbons (Fsp3) is 0. The van der Waals surface area contributed by atoms with E-state index in [0.29, 0.717) is 0 Å². The molecule has 0 nitrogen and oxygen atoms in total. The predicted molar refractivity (Wildman–Crippen MR) is 31.1 cm³/mol. The van der Waals surface area contributed by atoms with Gasteiger partial charge in [0.25, 0.3) is 0 Å². The van der Waals surface area contributed by atoms with E-state index in [1.807, 2.05) is 0 Å². The quantitative estimate of drug-likeness (QED) is 0.331. The Labute approximate surface area is 52.3 Å². The fourth-order valence-corrected chi connectivity index (χ4v) is 16.7. The molecular weight excluding hydrogens is 196 g/mol. The summed E-state index contributed by atoms with van der Waals surface area (Å²) in [5, 5.41) is 0. The van der Waals surface area contributed by atoms with E-state index in [1.54, 1.807) is 0 Å². The average Bonchev–Trinajstić information content (AvgIpc) is 1.20. The van der Waals surface area contributed by atoms with E-state index in [9.17, 15) is 16.4 Å². The predicted octanol–water partition coefficient (Wildman–Crippen LogP) is 2.22. The number of halogens is 4. The van der Waals surface area contributed by atoms with Gasteiger partial charge in [-0.15, -0.1) is 0 Å². The van der Waals surface area contributed by atoms with E-state index in [0.717, 1.165) is 0 Å². The number of hydrogen-bond acceptors (Lipinski definition) is 2. The minimum atomic E-state index is -4.44. The van der Waals surface area contributed by atoms with Gasteiger partial charge >= 0.3 is 14.1 Å². The summed E-state index contributed by atoms with van der Waals surface area (Å²) in [6, 6.07) is 0. The lowest BCUT2D eigenvalue weighted by Crippen LogP contribution is -2.40. The Balaban J connectivity index is 2.42. The molecule has 1 saturated heterocycles. The van der Waals surface area contributed by atoms with Crippen LogP contribution in [0.5, 0.6) is 0 Å². The van der Waals surface area contributed by atoms with Crippen LogP contribution in [0.25, 0.3) is 0 Å². The molecule has 0 aromatic heterocycles. The summed E-state index contributed by atoms with van der Waals surface area (Å²) in [6.45, 7) is 0. The molecule has 8 heavy (non-hydrogen) atoms. The molecule has 0 aromatic rings. The van der Waals surface area contributed by atoms with Gasteiger partial charge in [-0.25, -0.2) is 16.4 Å². The Hall–Kier alpha value is 0.854. The molecule has 0 unspecified atom stereocenters. The molecule has 1 aliphatic heterocycles. The zero-order valence-electron chi connectivity index (χ0n) is 3.33. The number of rotatable bonds is 0. The van der Waals surface area contributed by atoms with Crippen LogP contribution in [0.4, 0.5) is 16.4 Å². The maximum absolute atomic E-state index is 11.7. The molecule has 8 heteroatoms. The van der Waals surface area contributed by atoms with Gasteiger partial charge in [0.15, 0.2) is 0 Å². The van der Waals surface area contributed by atoms with E-state index in [-0.39, 0.29) is 21.3 Å². The van der Waals surface area contributed by atoms with Crippen molar-refractivity contribution >= 4 is 35.4 Å². The summed E-state index contributed by atoms with van der Waals surface area (Å²) < 4.78 is 46.6. The van der Waals surface area contributed by atoms with Crippen molar-refractivity contribution in [2.75, 3.05) is 0 Å². The van der Waals surface area contributed by atoms with E-state index in [4.69, 9.17) is 0 Å². The summed E-state index contributed by atoms with van der Waals surface area (Å²) in [7, 11) is -9.56. The van der Waals surface area contributed by atoms with Crippen molar-refractivity contribution < 1.29 is 16.4 Å². The van der Waals surface area contributed by atoms with Gasteiger partial charge in [-0.3, -0.25) is 0 Å². The van der Waals surface area contributed by atoms with Crippen molar-refractivity contribution in [2.24, 2.45) is 0 Å². The molecule has 1 fully saturated rings. The van der Waals surface area contributed by atoms with Gasteiger partial charge in [-0.1, -0.05) is 21.3 Å². The van der Waals surface area contributed by atoms with Crippen LogP contribution in [-0.4, -0.2) is 14.1 Å². The molecule has 0 saturated carbocycles. The highest BCUT2D eigenvalue weighted by molar-refractivity contribution is 8.95. The van der Waals surface area contributed by atoms with Crippen molar-refractivity contribution in [3.05, 3.63) is 0 Å². The first-order valence-electron chi connectivity index (χ1n) is 1.57. The summed E-state index contributed by atoms with van der Waals surface area (Å²) in [5.41, 5.74) is 0. The van der Waals surface area contributed by atoms with Crippen LogP contribution in [0, 0.1) is 0 Å². The van der Waals surface area contributed by atoms with Gasteiger partial charge in [0.1, 0.15) is 0 Å². The minimum absolute atomic E-state index is 0.338. The third-order valence-corrected chi connectivity index (χ3v) is 21.8. The highest BCUT2D eigenvalue weighted by Gasteiger charge is 2.69.